The fourth-order valence-electron chi connectivity index (χ4n) is 1.98. The highest BCUT2D eigenvalue weighted by Crippen LogP contribution is 2.26. The van der Waals surface area contributed by atoms with Crippen molar-refractivity contribution in [2.24, 2.45) is 0 Å². The second kappa shape index (κ2) is 6.19. The van der Waals surface area contributed by atoms with E-state index in [2.05, 4.69) is 4.72 Å². The van der Waals surface area contributed by atoms with Crippen LogP contribution in [-0.4, -0.2) is 21.3 Å². The number of hydrogen-bond donors (Lipinski definition) is 1. The third-order valence-electron chi connectivity index (χ3n) is 3.15. The van der Waals surface area contributed by atoms with Crippen LogP contribution in [0.2, 0.25) is 0 Å². The Hall–Kier alpha value is -2.34. The first kappa shape index (κ1) is 16.0. The maximum atomic E-state index is 12.5. The van der Waals surface area contributed by atoms with E-state index < -0.39 is 10.0 Å². The fraction of sp³-hybridized carbons (Fsp3) is 0.188. The van der Waals surface area contributed by atoms with Crippen LogP contribution in [0, 0.1) is 6.92 Å². The van der Waals surface area contributed by atoms with Gasteiger partial charge in [0.15, 0.2) is 5.78 Å². The summed E-state index contributed by atoms with van der Waals surface area (Å²) < 4.78 is 32.5. The van der Waals surface area contributed by atoms with Gasteiger partial charge in [-0.2, -0.15) is 0 Å². The van der Waals surface area contributed by atoms with Crippen molar-refractivity contribution in [1.82, 2.24) is 0 Å². The Morgan fingerprint density at radius 2 is 1.73 bits per heavy atom. The Labute approximate surface area is 130 Å². The summed E-state index contributed by atoms with van der Waals surface area (Å²) in [5.74, 6) is 0.211. The number of aryl methyl sites for hydroxylation is 1. The minimum atomic E-state index is -3.77. The third-order valence-corrected chi connectivity index (χ3v) is 4.57. The van der Waals surface area contributed by atoms with Gasteiger partial charge in [-0.25, -0.2) is 8.42 Å². The lowest BCUT2D eigenvalue weighted by Crippen LogP contribution is -2.14. The summed E-state index contributed by atoms with van der Waals surface area (Å²) in [6.45, 7) is 3.31. The van der Waals surface area contributed by atoms with Crippen molar-refractivity contribution in [2.45, 2.75) is 18.7 Å². The number of carbonyl (C=O) groups is 1. The number of ether oxygens (including phenoxy) is 1. The number of methoxy groups -OCH3 is 1. The van der Waals surface area contributed by atoms with E-state index in [1.807, 2.05) is 6.92 Å². The number of Topliss-reactive ketones (excluding diaryl/α,β-unsaturated/α-hetero) is 1. The van der Waals surface area contributed by atoms with E-state index in [0.29, 0.717) is 11.3 Å². The van der Waals surface area contributed by atoms with E-state index >= 15 is 0 Å². The van der Waals surface area contributed by atoms with Gasteiger partial charge in [-0.3, -0.25) is 9.52 Å². The van der Waals surface area contributed by atoms with Crippen LogP contribution in [-0.2, 0) is 10.0 Å². The number of benzene rings is 2. The summed E-state index contributed by atoms with van der Waals surface area (Å²) in [6, 6.07) is 11.1. The lowest BCUT2D eigenvalue weighted by atomic mass is 10.1. The molecule has 6 heteroatoms. The van der Waals surface area contributed by atoms with E-state index in [1.54, 1.807) is 36.4 Å². The third kappa shape index (κ3) is 3.46. The standard InChI is InChI=1S/C16H17NO4S/c1-11-4-9-16(15(10-11)21-3)22(19,20)17-14-7-5-13(6-8-14)12(2)18/h4-10,17H,1-3H3. The number of nitrogens with one attached hydrogen (secondary N) is 1. The predicted octanol–water partition coefficient (Wildman–Crippen LogP) is 3.01. The van der Waals surface area contributed by atoms with Gasteiger partial charge < -0.3 is 4.74 Å². The second-order valence-corrected chi connectivity index (χ2v) is 6.54. The first-order valence-electron chi connectivity index (χ1n) is 6.62. The zero-order valence-electron chi connectivity index (χ0n) is 12.6. The molecule has 0 spiro atoms. The van der Waals surface area contributed by atoms with Crippen LogP contribution in [0.3, 0.4) is 0 Å². The van der Waals surface area contributed by atoms with E-state index in [9.17, 15) is 13.2 Å². The average Bonchev–Trinajstić information content (AvgIpc) is 2.46. The van der Waals surface area contributed by atoms with Crippen LogP contribution in [0.25, 0.3) is 0 Å². The highest BCUT2D eigenvalue weighted by Gasteiger charge is 2.19. The monoisotopic (exact) mass is 319 g/mol. The molecule has 0 saturated heterocycles. The van der Waals surface area contributed by atoms with Crippen molar-refractivity contribution >= 4 is 21.5 Å². The van der Waals surface area contributed by atoms with Crippen molar-refractivity contribution in [2.75, 3.05) is 11.8 Å². The molecule has 0 fully saturated rings. The molecular formula is C16H17NO4S. The van der Waals surface area contributed by atoms with Crippen molar-refractivity contribution in [3.05, 3.63) is 53.6 Å². The lowest BCUT2D eigenvalue weighted by Gasteiger charge is -2.12. The zero-order chi connectivity index (χ0) is 16.3. The topological polar surface area (TPSA) is 72.5 Å². The van der Waals surface area contributed by atoms with Gasteiger partial charge in [-0.05, 0) is 55.8 Å². The molecule has 0 aromatic heterocycles. The minimum Gasteiger partial charge on any atom is -0.495 e. The van der Waals surface area contributed by atoms with E-state index in [0.717, 1.165) is 5.56 Å². The molecule has 0 bridgehead atoms. The number of rotatable bonds is 5. The number of sulfonamides is 1. The van der Waals surface area contributed by atoms with Crippen LogP contribution in [0.4, 0.5) is 5.69 Å². The largest absolute Gasteiger partial charge is 0.495 e. The number of ketones is 1. The molecule has 0 aliphatic rings. The van der Waals surface area contributed by atoms with Crippen molar-refractivity contribution in [1.29, 1.82) is 0 Å². The van der Waals surface area contributed by atoms with Gasteiger partial charge in [-0.1, -0.05) is 6.07 Å². The molecule has 0 amide bonds. The van der Waals surface area contributed by atoms with Gasteiger partial charge in [0, 0.05) is 11.3 Å². The zero-order valence-corrected chi connectivity index (χ0v) is 13.4. The normalized spacial score (nSPS) is 11.0. The number of anilines is 1. The first-order valence-corrected chi connectivity index (χ1v) is 8.10. The molecular weight excluding hydrogens is 302 g/mol. The van der Waals surface area contributed by atoms with Gasteiger partial charge in [-0.15, -0.1) is 0 Å². The Balaban J connectivity index is 2.33. The maximum absolute atomic E-state index is 12.5. The summed E-state index contributed by atoms with van der Waals surface area (Å²) in [5, 5.41) is 0. The van der Waals surface area contributed by atoms with Crippen LogP contribution in [0.15, 0.2) is 47.4 Å². The molecule has 0 radical (unpaired) electrons. The molecule has 116 valence electrons. The van der Waals surface area contributed by atoms with Gasteiger partial charge in [0.25, 0.3) is 10.0 Å². The molecule has 1 N–H and O–H groups in total. The predicted molar refractivity (Wildman–Crippen MR) is 85.0 cm³/mol. The Morgan fingerprint density at radius 3 is 2.27 bits per heavy atom. The molecule has 2 aromatic carbocycles. The van der Waals surface area contributed by atoms with Crippen molar-refractivity contribution in [3.63, 3.8) is 0 Å². The summed E-state index contributed by atoms with van der Waals surface area (Å²) in [5.41, 5.74) is 1.81. The Morgan fingerprint density at radius 1 is 1.09 bits per heavy atom. The molecule has 2 aromatic rings. The van der Waals surface area contributed by atoms with Crippen LogP contribution >= 0.6 is 0 Å². The van der Waals surface area contributed by atoms with Crippen LogP contribution in [0.1, 0.15) is 22.8 Å². The van der Waals surface area contributed by atoms with Crippen molar-refractivity contribution < 1.29 is 17.9 Å². The van der Waals surface area contributed by atoms with Gasteiger partial charge in [0.05, 0.1) is 7.11 Å². The van der Waals surface area contributed by atoms with Crippen LogP contribution in [0.5, 0.6) is 5.75 Å². The first-order chi connectivity index (χ1) is 10.3. The smallest absolute Gasteiger partial charge is 0.265 e. The van der Waals surface area contributed by atoms with E-state index in [-0.39, 0.29) is 16.4 Å². The second-order valence-electron chi connectivity index (χ2n) is 4.89. The van der Waals surface area contributed by atoms with Gasteiger partial charge >= 0.3 is 0 Å². The average molecular weight is 319 g/mol. The van der Waals surface area contributed by atoms with E-state index in [1.165, 1.54) is 20.1 Å². The molecule has 2 rings (SSSR count). The summed E-state index contributed by atoms with van der Waals surface area (Å²) in [4.78, 5) is 11.3. The molecule has 0 heterocycles. The quantitative estimate of drug-likeness (QED) is 0.860. The highest BCUT2D eigenvalue weighted by atomic mass is 32.2. The highest BCUT2D eigenvalue weighted by molar-refractivity contribution is 7.92. The summed E-state index contributed by atoms with van der Waals surface area (Å²) in [6.07, 6.45) is 0. The summed E-state index contributed by atoms with van der Waals surface area (Å²) >= 11 is 0. The van der Waals surface area contributed by atoms with Gasteiger partial charge in [0.1, 0.15) is 10.6 Å². The van der Waals surface area contributed by atoms with Crippen molar-refractivity contribution in [3.8, 4) is 5.75 Å². The molecule has 0 unspecified atom stereocenters. The van der Waals surface area contributed by atoms with E-state index in [4.69, 9.17) is 4.74 Å². The number of hydrogen-bond acceptors (Lipinski definition) is 4. The molecule has 5 nitrogen and oxygen atoms in total. The Kier molecular flexibility index (Phi) is 4.51. The molecule has 0 atom stereocenters. The summed E-state index contributed by atoms with van der Waals surface area (Å²) in [7, 11) is -2.34. The molecule has 0 aliphatic carbocycles. The lowest BCUT2D eigenvalue weighted by molar-refractivity contribution is 0.101. The van der Waals surface area contributed by atoms with Gasteiger partial charge in [0.2, 0.25) is 0 Å². The van der Waals surface area contributed by atoms with Crippen LogP contribution < -0.4 is 9.46 Å². The minimum absolute atomic E-state index is 0.0660. The molecule has 0 saturated carbocycles. The maximum Gasteiger partial charge on any atom is 0.265 e. The fourth-order valence-corrected chi connectivity index (χ4v) is 3.19. The number of carbonyl (C=O) groups excluding carboxylic acids is 1. The molecule has 0 aliphatic heterocycles. The Bertz CT molecular complexity index is 795. The SMILES string of the molecule is COc1cc(C)ccc1S(=O)(=O)Nc1ccc(C(C)=O)cc1. The molecule has 22 heavy (non-hydrogen) atoms.